The summed E-state index contributed by atoms with van der Waals surface area (Å²) in [5.74, 6) is 1.21. The molecule has 0 heterocycles. The first-order chi connectivity index (χ1) is 12.3. The van der Waals surface area contributed by atoms with Crippen LogP contribution in [-0.2, 0) is 19.1 Å². The maximum Gasteiger partial charge on any atom is 0.310 e. The third kappa shape index (κ3) is 4.50. The second-order valence-corrected chi connectivity index (χ2v) is 9.04. The van der Waals surface area contributed by atoms with Gasteiger partial charge < -0.3 is 9.47 Å². The molecule has 0 N–H and O–H groups in total. The third-order valence-corrected chi connectivity index (χ3v) is 6.76. The minimum atomic E-state index is -0.768. The van der Waals surface area contributed by atoms with E-state index >= 15 is 0 Å². The Bertz CT molecular complexity index is 560. The molecule has 0 aromatic rings. The minimum Gasteiger partial charge on any atom is -0.459 e. The highest BCUT2D eigenvalue weighted by Crippen LogP contribution is 2.47. The Labute approximate surface area is 157 Å². The smallest absolute Gasteiger partial charge is 0.310 e. The molecule has 26 heavy (non-hydrogen) atoms. The molecule has 3 aliphatic carbocycles. The Balaban J connectivity index is 1.64. The van der Waals surface area contributed by atoms with Gasteiger partial charge in [-0.25, -0.2) is 0 Å². The lowest BCUT2D eigenvalue weighted by molar-refractivity contribution is -0.175. The minimum absolute atomic E-state index is 0.159. The van der Waals surface area contributed by atoms with Gasteiger partial charge in [0.1, 0.15) is 11.2 Å². The highest BCUT2D eigenvalue weighted by Gasteiger charge is 2.43. The van der Waals surface area contributed by atoms with Crippen molar-refractivity contribution in [3.05, 3.63) is 12.2 Å². The summed E-state index contributed by atoms with van der Waals surface area (Å²) >= 11 is 0. The van der Waals surface area contributed by atoms with Gasteiger partial charge in [0.05, 0.1) is 6.42 Å². The molecular formula is C22H34O4. The predicted octanol–water partition coefficient (Wildman–Crippen LogP) is 4.96. The lowest BCUT2D eigenvalue weighted by atomic mass is 9.81. The highest BCUT2D eigenvalue weighted by atomic mass is 16.6. The molecule has 4 atom stereocenters. The molecule has 0 radical (unpaired) electrons. The van der Waals surface area contributed by atoms with Gasteiger partial charge >= 0.3 is 11.9 Å². The van der Waals surface area contributed by atoms with Crippen molar-refractivity contribution in [1.82, 2.24) is 0 Å². The molecule has 2 saturated carbocycles. The molecule has 0 amide bonds. The van der Waals surface area contributed by atoms with E-state index < -0.39 is 5.60 Å². The van der Waals surface area contributed by atoms with Crippen molar-refractivity contribution in [2.45, 2.75) is 96.2 Å². The summed E-state index contributed by atoms with van der Waals surface area (Å²) in [6, 6.07) is 0. The Morgan fingerprint density at radius 1 is 1.15 bits per heavy atom. The third-order valence-electron chi connectivity index (χ3n) is 6.76. The summed E-state index contributed by atoms with van der Waals surface area (Å²) in [5, 5.41) is 0. The van der Waals surface area contributed by atoms with Gasteiger partial charge in [-0.2, -0.15) is 0 Å². The molecule has 2 fully saturated rings. The van der Waals surface area contributed by atoms with E-state index in [1.807, 2.05) is 6.92 Å². The molecule has 3 rings (SSSR count). The monoisotopic (exact) mass is 362 g/mol. The number of fused-ring (bicyclic) bond motifs is 2. The van der Waals surface area contributed by atoms with E-state index in [0.717, 1.165) is 44.9 Å². The lowest BCUT2D eigenvalue weighted by Crippen LogP contribution is -2.41. The van der Waals surface area contributed by atoms with Crippen molar-refractivity contribution >= 4 is 11.9 Å². The van der Waals surface area contributed by atoms with Crippen molar-refractivity contribution < 1.29 is 19.1 Å². The number of carbonyl (C=O) groups is 2. The summed E-state index contributed by atoms with van der Waals surface area (Å²) in [6.45, 7) is 5.44. The maximum atomic E-state index is 12.8. The number of hydrogen-bond donors (Lipinski definition) is 0. The summed E-state index contributed by atoms with van der Waals surface area (Å²) in [4.78, 5) is 24.5. The molecule has 0 aromatic carbocycles. The second kappa shape index (κ2) is 7.74. The molecule has 3 aliphatic rings. The van der Waals surface area contributed by atoms with Gasteiger partial charge in [-0.05, 0) is 76.0 Å². The first kappa shape index (κ1) is 19.4. The standard InChI is InChI=1S/C22H34O4/c1-4-22(10-6-5-7-11-22)26-20(24)15-21(3,25-16(2)23)14-19-13-17-8-9-18(19)12-17/h8-9,17-19H,4-7,10-15H2,1-3H3. The molecule has 0 aliphatic heterocycles. The molecule has 4 unspecified atom stereocenters. The van der Waals surface area contributed by atoms with Crippen molar-refractivity contribution in [2.75, 3.05) is 0 Å². The van der Waals surface area contributed by atoms with Crippen molar-refractivity contribution in [3.63, 3.8) is 0 Å². The number of rotatable bonds is 7. The van der Waals surface area contributed by atoms with Gasteiger partial charge in [-0.15, -0.1) is 0 Å². The Kier molecular flexibility index (Phi) is 5.78. The topological polar surface area (TPSA) is 52.6 Å². The zero-order chi connectivity index (χ0) is 18.8. The number of esters is 2. The highest BCUT2D eigenvalue weighted by molar-refractivity contribution is 5.73. The number of carbonyl (C=O) groups excluding carboxylic acids is 2. The molecule has 0 saturated heterocycles. The van der Waals surface area contributed by atoms with Gasteiger partial charge in [0.25, 0.3) is 0 Å². The summed E-state index contributed by atoms with van der Waals surface area (Å²) in [5.41, 5.74) is -1.07. The zero-order valence-corrected chi connectivity index (χ0v) is 16.6. The van der Waals surface area contributed by atoms with Crippen molar-refractivity contribution in [3.8, 4) is 0 Å². The van der Waals surface area contributed by atoms with Crippen LogP contribution < -0.4 is 0 Å². The molecule has 4 heteroatoms. The Morgan fingerprint density at radius 3 is 2.42 bits per heavy atom. The zero-order valence-electron chi connectivity index (χ0n) is 16.6. The summed E-state index contributed by atoms with van der Waals surface area (Å²) in [6.07, 6.45) is 14.1. The molecule has 0 aromatic heterocycles. The van der Waals surface area contributed by atoms with E-state index in [2.05, 4.69) is 19.1 Å². The largest absolute Gasteiger partial charge is 0.459 e. The van der Waals surface area contributed by atoms with Crippen LogP contribution in [0.2, 0.25) is 0 Å². The van der Waals surface area contributed by atoms with E-state index in [1.54, 1.807) is 0 Å². The van der Waals surface area contributed by atoms with Crippen LogP contribution >= 0.6 is 0 Å². The van der Waals surface area contributed by atoms with E-state index in [0.29, 0.717) is 17.8 Å². The number of allylic oxidation sites excluding steroid dienone is 2. The molecule has 0 spiro atoms. The van der Waals surface area contributed by atoms with Gasteiger partial charge in [0.15, 0.2) is 0 Å². The first-order valence-electron chi connectivity index (χ1n) is 10.4. The lowest BCUT2D eigenvalue weighted by Gasteiger charge is -2.38. The van der Waals surface area contributed by atoms with Gasteiger partial charge in [-0.1, -0.05) is 25.5 Å². The Hall–Kier alpha value is -1.32. The van der Waals surface area contributed by atoms with Crippen LogP contribution in [0.1, 0.15) is 85.0 Å². The van der Waals surface area contributed by atoms with Gasteiger partial charge in [0, 0.05) is 6.92 Å². The van der Waals surface area contributed by atoms with Crippen LogP contribution in [0.15, 0.2) is 12.2 Å². The quantitative estimate of drug-likeness (QED) is 0.475. The molecule has 146 valence electrons. The van der Waals surface area contributed by atoms with E-state index in [4.69, 9.17) is 9.47 Å². The molecule has 2 bridgehead atoms. The number of hydrogen-bond acceptors (Lipinski definition) is 4. The van der Waals surface area contributed by atoms with Crippen LogP contribution in [0.5, 0.6) is 0 Å². The predicted molar refractivity (Wildman–Crippen MR) is 100 cm³/mol. The molecule has 4 nitrogen and oxygen atoms in total. The van der Waals surface area contributed by atoms with E-state index in [1.165, 1.54) is 19.8 Å². The maximum absolute atomic E-state index is 12.8. The van der Waals surface area contributed by atoms with E-state index in [-0.39, 0.29) is 24.0 Å². The van der Waals surface area contributed by atoms with Gasteiger partial charge in [0.2, 0.25) is 0 Å². The normalized spacial score (nSPS) is 31.4. The van der Waals surface area contributed by atoms with E-state index in [9.17, 15) is 9.59 Å². The van der Waals surface area contributed by atoms with Crippen LogP contribution in [0.3, 0.4) is 0 Å². The van der Waals surface area contributed by atoms with Crippen LogP contribution in [0.25, 0.3) is 0 Å². The van der Waals surface area contributed by atoms with Gasteiger partial charge in [-0.3, -0.25) is 9.59 Å². The van der Waals surface area contributed by atoms with Crippen molar-refractivity contribution in [1.29, 1.82) is 0 Å². The average Bonchev–Trinajstić information content (AvgIpc) is 3.17. The van der Waals surface area contributed by atoms with Crippen LogP contribution in [0.4, 0.5) is 0 Å². The van der Waals surface area contributed by atoms with Crippen molar-refractivity contribution in [2.24, 2.45) is 17.8 Å². The SMILES string of the molecule is CCC1(OC(=O)CC(C)(CC2CC3C=CC2C3)OC(C)=O)CCCCC1. The fourth-order valence-corrected chi connectivity index (χ4v) is 5.49. The summed E-state index contributed by atoms with van der Waals surface area (Å²) < 4.78 is 11.7. The average molecular weight is 363 g/mol. The first-order valence-corrected chi connectivity index (χ1v) is 10.4. The fraction of sp³-hybridized carbons (Fsp3) is 0.818. The fourth-order valence-electron chi connectivity index (χ4n) is 5.49. The molecular weight excluding hydrogens is 328 g/mol. The van der Waals surface area contributed by atoms with Crippen LogP contribution in [0, 0.1) is 17.8 Å². The second-order valence-electron chi connectivity index (χ2n) is 9.04. The van der Waals surface area contributed by atoms with Crippen LogP contribution in [-0.4, -0.2) is 23.1 Å². The number of ether oxygens (including phenoxy) is 2. The summed E-state index contributed by atoms with van der Waals surface area (Å²) in [7, 11) is 0. The Morgan fingerprint density at radius 2 is 1.88 bits per heavy atom.